The van der Waals surface area contributed by atoms with Crippen LogP contribution in [0.4, 0.5) is 5.69 Å². The maximum atomic E-state index is 13.4. The standard InChI is InChI=1S/C27H20N4O3S/c32-25-24(15-21-16-28-18-30(21)17-19-7-3-1-4-8-19)26(33)31(27(35)29-25)20-11-13-23(14-12-20)34-22-9-5-2-6-10-22/h1-16,18H,17H2,(H,29,32,35). The summed E-state index contributed by atoms with van der Waals surface area (Å²) in [6, 6.07) is 26.2. The Kier molecular flexibility index (Phi) is 6.19. The zero-order valence-electron chi connectivity index (χ0n) is 18.5. The molecule has 1 fully saturated rings. The van der Waals surface area contributed by atoms with Gasteiger partial charge in [0, 0.05) is 6.54 Å². The van der Waals surface area contributed by atoms with E-state index in [1.54, 1.807) is 36.8 Å². The first-order chi connectivity index (χ1) is 17.1. The van der Waals surface area contributed by atoms with E-state index >= 15 is 0 Å². The Morgan fingerprint density at radius 1 is 0.886 bits per heavy atom. The van der Waals surface area contributed by atoms with Gasteiger partial charge in [0.15, 0.2) is 5.11 Å². The Morgan fingerprint density at radius 2 is 1.54 bits per heavy atom. The van der Waals surface area contributed by atoms with Gasteiger partial charge in [0.2, 0.25) is 0 Å². The van der Waals surface area contributed by atoms with Crippen LogP contribution >= 0.6 is 12.2 Å². The Bertz CT molecular complexity index is 1410. The summed E-state index contributed by atoms with van der Waals surface area (Å²) in [5.74, 6) is 0.255. The molecule has 35 heavy (non-hydrogen) atoms. The average molecular weight is 481 g/mol. The fraction of sp³-hybridized carbons (Fsp3) is 0.0370. The Labute approximate surface area is 207 Å². The van der Waals surface area contributed by atoms with Gasteiger partial charge in [-0.15, -0.1) is 0 Å². The van der Waals surface area contributed by atoms with E-state index in [9.17, 15) is 9.59 Å². The fourth-order valence-electron chi connectivity index (χ4n) is 3.69. The van der Waals surface area contributed by atoms with Crippen LogP contribution in [0, 0.1) is 0 Å². The van der Waals surface area contributed by atoms with Crippen LogP contribution in [0.2, 0.25) is 0 Å². The van der Waals surface area contributed by atoms with Crippen molar-refractivity contribution in [3.8, 4) is 11.5 Å². The van der Waals surface area contributed by atoms with Crippen LogP contribution in [0.1, 0.15) is 11.3 Å². The predicted molar refractivity (Wildman–Crippen MR) is 137 cm³/mol. The lowest BCUT2D eigenvalue weighted by Crippen LogP contribution is -2.54. The third-order valence-electron chi connectivity index (χ3n) is 5.41. The first-order valence-corrected chi connectivity index (χ1v) is 11.3. The summed E-state index contributed by atoms with van der Waals surface area (Å²) < 4.78 is 7.69. The van der Waals surface area contributed by atoms with E-state index in [2.05, 4.69) is 10.3 Å². The molecule has 8 heteroatoms. The average Bonchev–Trinajstić information content (AvgIpc) is 3.30. The van der Waals surface area contributed by atoms with Crippen molar-refractivity contribution in [1.82, 2.24) is 14.9 Å². The van der Waals surface area contributed by atoms with Crippen LogP contribution in [-0.4, -0.2) is 26.5 Å². The summed E-state index contributed by atoms with van der Waals surface area (Å²) in [5.41, 5.74) is 2.19. The number of hydrogen-bond donors (Lipinski definition) is 1. The molecule has 0 bridgehead atoms. The van der Waals surface area contributed by atoms with E-state index < -0.39 is 11.8 Å². The number of para-hydroxylation sites is 1. The molecule has 1 aromatic heterocycles. The van der Waals surface area contributed by atoms with E-state index in [1.807, 2.05) is 65.2 Å². The van der Waals surface area contributed by atoms with Crippen LogP contribution in [-0.2, 0) is 16.1 Å². The van der Waals surface area contributed by atoms with Crippen LogP contribution in [0.5, 0.6) is 11.5 Å². The van der Waals surface area contributed by atoms with Gasteiger partial charge < -0.3 is 9.30 Å². The van der Waals surface area contributed by atoms with Crippen LogP contribution in [0.15, 0.2) is 103 Å². The minimum Gasteiger partial charge on any atom is -0.457 e. The normalized spacial score (nSPS) is 14.8. The Balaban J connectivity index is 1.39. The summed E-state index contributed by atoms with van der Waals surface area (Å²) in [7, 11) is 0. The molecule has 0 saturated carbocycles. The lowest BCUT2D eigenvalue weighted by molar-refractivity contribution is -0.122. The molecule has 172 valence electrons. The quantitative estimate of drug-likeness (QED) is 0.249. The third kappa shape index (κ3) is 4.87. The molecule has 5 rings (SSSR count). The second-order valence-corrected chi connectivity index (χ2v) is 8.19. The highest BCUT2D eigenvalue weighted by atomic mass is 32.1. The molecule has 0 aliphatic carbocycles. The van der Waals surface area contributed by atoms with Crippen LogP contribution in [0.3, 0.4) is 0 Å². The molecule has 0 spiro atoms. The maximum absolute atomic E-state index is 13.4. The highest BCUT2D eigenvalue weighted by Gasteiger charge is 2.34. The van der Waals surface area contributed by atoms with Crippen LogP contribution in [0.25, 0.3) is 6.08 Å². The van der Waals surface area contributed by atoms with Crippen molar-refractivity contribution in [2.45, 2.75) is 6.54 Å². The molecule has 7 nitrogen and oxygen atoms in total. The van der Waals surface area contributed by atoms with Crippen LogP contribution < -0.4 is 15.0 Å². The molecule has 4 aromatic rings. The highest BCUT2D eigenvalue weighted by molar-refractivity contribution is 7.80. The van der Waals surface area contributed by atoms with Crippen molar-refractivity contribution >= 4 is 40.9 Å². The summed E-state index contributed by atoms with van der Waals surface area (Å²) in [4.78, 5) is 31.5. The van der Waals surface area contributed by atoms with Crippen molar-refractivity contribution < 1.29 is 14.3 Å². The monoisotopic (exact) mass is 480 g/mol. The molecule has 2 amide bonds. The molecular weight excluding hydrogens is 460 g/mol. The van der Waals surface area contributed by atoms with Gasteiger partial charge in [0.05, 0.1) is 23.9 Å². The highest BCUT2D eigenvalue weighted by Crippen LogP contribution is 2.27. The number of benzene rings is 3. The van der Waals surface area contributed by atoms with Gasteiger partial charge in [0.1, 0.15) is 17.1 Å². The van der Waals surface area contributed by atoms with Gasteiger partial charge in [-0.05, 0) is 60.3 Å². The molecule has 0 radical (unpaired) electrons. The number of amides is 2. The van der Waals surface area contributed by atoms with E-state index in [-0.39, 0.29) is 10.7 Å². The molecular formula is C27H20N4O3S. The largest absolute Gasteiger partial charge is 0.457 e. The number of ether oxygens (including phenoxy) is 1. The lowest BCUT2D eigenvalue weighted by Gasteiger charge is -2.29. The Hall–Kier alpha value is -4.56. The summed E-state index contributed by atoms with van der Waals surface area (Å²) in [5, 5.41) is 2.63. The first-order valence-electron chi connectivity index (χ1n) is 10.9. The zero-order chi connectivity index (χ0) is 24.2. The number of aromatic nitrogens is 2. The van der Waals surface area contributed by atoms with Gasteiger partial charge >= 0.3 is 0 Å². The lowest BCUT2D eigenvalue weighted by atomic mass is 10.1. The number of rotatable bonds is 6. The van der Waals surface area contributed by atoms with Gasteiger partial charge in [-0.2, -0.15) is 0 Å². The molecule has 2 heterocycles. The fourth-order valence-corrected chi connectivity index (χ4v) is 3.97. The molecule has 1 aliphatic heterocycles. The zero-order valence-corrected chi connectivity index (χ0v) is 19.3. The predicted octanol–water partition coefficient (Wildman–Crippen LogP) is 4.56. The Morgan fingerprint density at radius 3 is 2.26 bits per heavy atom. The van der Waals surface area contributed by atoms with Gasteiger partial charge in [-0.3, -0.25) is 19.8 Å². The molecule has 0 unspecified atom stereocenters. The third-order valence-corrected chi connectivity index (χ3v) is 5.69. The second-order valence-electron chi connectivity index (χ2n) is 7.80. The number of imidazole rings is 1. The van der Waals surface area contributed by atoms with Crippen molar-refractivity contribution in [1.29, 1.82) is 0 Å². The van der Waals surface area contributed by atoms with Gasteiger partial charge in [-0.25, -0.2) is 4.98 Å². The van der Waals surface area contributed by atoms with Crippen molar-refractivity contribution in [3.05, 3.63) is 114 Å². The molecule has 3 aromatic carbocycles. The molecule has 0 atom stereocenters. The number of nitrogens with zero attached hydrogens (tertiary/aromatic N) is 3. The number of carbonyl (C=O) groups is 2. The van der Waals surface area contributed by atoms with Gasteiger partial charge in [0.25, 0.3) is 11.8 Å². The summed E-state index contributed by atoms with van der Waals surface area (Å²) in [6.07, 6.45) is 4.82. The van der Waals surface area contributed by atoms with E-state index in [4.69, 9.17) is 17.0 Å². The van der Waals surface area contributed by atoms with Crippen molar-refractivity contribution in [2.24, 2.45) is 0 Å². The van der Waals surface area contributed by atoms with E-state index in [0.717, 1.165) is 5.56 Å². The molecule has 1 aliphatic rings. The second kappa shape index (κ2) is 9.74. The summed E-state index contributed by atoms with van der Waals surface area (Å²) >= 11 is 5.31. The SMILES string of the molecule is O=C1NC(=S)N(c2ccc(Oc3ccccc3)cc2)C(=O)C1=Cc1cncn1Cc1ccccc1. The molecule has 1 N–H and O–H groups in total. The van der Waals surface area contributed by atoms with Crippen molar-refractivity contribution in [3.63, 3.8) is 0 Å². The first kappa shape index (κ1) is 22.2. The van der Waals surface area contributed by atoms with Gasteiger partial charge in [-0.1, -0.05) is 48.5 Å². The topological polar surface area (TPSA) is 76.5 Å². The molecule has 1 saturated heterocycles. The number of carbonyl (C=O) groups excluding carboxylic acids is 2. The number of anilines is 1. The van der Waals surface area contributed by atoms with Crippen molar-refractivity contribution in [2.75, 3.05) is 4.90 Å². The number of nitrogens with one attached hydrogen (secondary N) is 1. The van der Waals surface area contributed by atoms with E-state index in [0.29, 0.717) is 29.4 Å². The smallest absolute Gasteiger partial charge is 0.270 e. The minimum atomic E-state index is -0.548. The van der Waals surface area contributed by atoms with E-state index in [1.165, 1.54) is 11.0 Å². The maximum Gasteiger partial charge on any atom is 0.270 e. The minimum absolute atomic E-state index is 0.0201. The summed E-state index contributed by atoms with van der Waals surface area (Å²) in [6.45, 7) is 0.556. The number of thiocarbonyl (C=S) groups is 1. The number of hydrogen-bond acceptors (Lipinski definition) is 5.